The summed E-state index contributed by atoms with van der Waals surface area (Å²) in [5.74, 6) is 1.46. The Morgan fingerprint density at radius 2 is 1.84 bits per heavy atom. The van der Waals surface area contributed by atoms with Crippen molar-refractivity contribution in [1.82, 2.24) is 0 Å². The Kier molecular flexibility index (Phi) is 4.46. The molecule has 0 N–H and O–H groups in total. The van der Waals surface area contributed by atoms with Crippen LogP contribution in [0.15, 0.2) is 18.2 Å². The van der Waals surface area contributed by atoms with E-state index in [1.165, 1.54) is 5.56 Å². The van der Waals surface area contributed by atoms with Crippen LogP contribution in [0.1, 0.15) is 57.9 Å². The molecular weight excluding hydrogens is 240 g/mol. The molecule has 0 radical (unpaired) electrons. The van der Waals surface area contributed by atoms with Crippen molar-refractivity contribution in [2.75, 3.05) is 0 Å². The van der Waals surface area contributed by atoms with Crippen molar-refractivity contribution in [1.29, 1.82) is 0 Å². The fourth-order valence-electron chi connectivity index (χ4n) is 2.56. The van der Waals surface area contributed by atoms with E-state index >= 15 is 0 Å². The number of benzene rings is 1. The van der Waals surface area contributed by atoms with Gasteiger partial charge in [-0.3, -0.25) is 0 Å². The zero-order chi connectivity index (χ0) is 13.8. The first-order chi connectivity index (χ1) is 9.15. The van der Waals surface area contributed by atoms with Crippen molar-refractivity contribution in [2.45, 2.75) is 58.5 Å². The summed E-state index contributed by atoms with van der Waals surface area (Å²) in [7, 11) is 0. The van der Waals surface area contributed by atoms with E-state index in [9.17, 15) is 4.79 Å². The maximum atomic E-state index is 11.5. The van der Waals surface area contributed by atoms with E-state index < -0.39 is 6.10 Å². The summed E-state index contributed by atoms with van der Waals surface area (Å²) in [6.07, 6.45) is 4.14. The molecule has 0 aromatic heterocycles. The summed E-state index contributed by atoms with van der Waals surface area (Å²) in [4.78, 5) is 11.5. The van der Waals surface area contributed by atoms with Crippen LogP contribution >= 0.6 is 0 Å². The highest BCUT2D eigenvalue weighted by Gasteiger charge is 2.26. The third-order valence-corrected chi connectivity index (χ3v) is 3.56. The van der Waals surface area contributed by atoms with E-state index in [0.29, 0.717) is 17.4 Å². The molecule has 0 saturated carbocycles. The maximum Gasteiger partial charge on any atom is 0.352 e. The highest BCUT2D eigenvalue weighted by Crippen LogP contribution is 2.37. The molecule has 0 spiro atoms. The Balaban J connectivity index is 2.24. The van der Waals surface area contributed by atoms with Crippen LogP contribution < -0.4 is 9.47 Å². The number of hydrogen-bond donors (Lipinski definition) is 0. The van der Waals surface area contributed by atoms with Crippen molar-refractivity contribution in [3.05, 3.63) is 23.8 Å². The van der Waals surface area contributed by atoms with Gasteiger partial charge in [-0.25, -0.2) is 4.79 Å². The smallest absolute Gasteiger partial charge is 0.352 e. The Morgan fingerprint density at radius 3 is 2.47 bits per heavy atom. The Bertz CT molecular complexity index is 447. The van der Waals surface area contributed by atoms with Crippen LogP contribution in [0, 0.1) is 0 Å². The van der Waals surface area contributed by atoms with E-state index in [0.717, 1.165) is 25.7 Å². The molecule has 0 amide bonds. The summed E-state index contributed by atoms with van der Waals surface area (Å²) in [5, 5.41) is 0. The van der Waals surface area contributed by atoms with Gasteiger partial charge in [-0.15, -0.1) is 0 Å². The molecular formula is C16H22O3. The minimum Gasteiger partial charge on any atom is -0.475 e. The average molecular weight is 262 g/mol. The van der Waals surface area contributed by atoms with Crippen LogP contribution in [-0.2, 0) is 4.79 Å². The highest BCUT2D eigenvalue weighted by molar-refractivity contribution is 5.79. The number of hydrogen-bond acceptors (Lipinski definition) is 3. The van der Waals surface area contributed by atoms with Crippen molar-refractivity contribution in [3.63, 3.8) is 0 Å². The van der Waals surface area contributed by atoms with Gasteiger partial charge < -0.3 is 9.47 Å². The van der Waals surface area contributed by atoms with Gasteiger partial charge in [0.15, 0.2) is 17.6 Å². The summed E-state index contributed by atoms with van der Waals surface area (Å²) >= 11 is 0. The first kappa shape index (κ1) is 13.9. The lowest BCUT2D eigenvalue weighted by atomic mass is 9.90. The second-order valence-corrected chi connectivity index (χ2v) is 5.16. The maximum absolute atomic E-state index is 11.5. The fraction of sp³-hybridized carbons (Fsp3) is 0.562. The Morgan fingerprint density at radius 1 is 1.16 bits per heavy atom. The predicted octanol–water partition coefficient (Wildman–Crippen LogP) is 4.06. The molecule has 0 bridgehead atoms. The van der Waals surface area contributed by atoms with Crippen LogP contribution in [0.5, 0.6) is 11.5 Å². The monoisotopic (exact) mass is 262 g/mol. The van der Waals surface area contributed by atoms with Crippen LogP contribution in [0.2, 0.25) is 0 Å². The molecule has 1 atom stereocenters. The topological polar surface area (TPSA) is 35.5 Å². The summed E-state index contributed by atoms with van der Waals surface area (Å²) < 4.78 is 10.9. The van der Waals surface area contributed by atoms with Gasteiger partial charge in [-0.1, -0.05) is 32.8 Å². The molecule has 3 nitrogen and oxygen atoms in total. The molecule has 0 aliphatic carbocycles. The SMILES string of the molecule is CCCC(CCC)c1ccc2c(c1)OC(=O)C(C)O2. The molecule has 104 valence electrons. The lowest BCUT2D eigenvalue weighted by Crippen LogP contribution is -2.32. The second kappa shape index (κ2) is 6.09. The number of esters is 1. The van der Waals surface area contributed by atoms with Crippen LogP contribution in [0.25, 0.3) is 0 Å². The van der Waals surface area contributed by atoms with E-state index in [1.807, 2.05) is 12.1 Å². The second-order valence-electron chi connectivity index (χ2n) is 5.16. The number of fused-ring (bicyclic) bond motifs is 1. The van der Waals surface area contributed by atoms with Crippen LogP contribution in [0.3, 0.4) is 0 Å². The van der Waals surface area contributed by atoms with Crippen LogP contribution in [-0.4, -0.2) is 12.1 Å². The predicted molar refractivity (Wildman–Crippen MR) is 74.7 cm³/mol. The normalized spacial score (nSPS) is 17.9. The summed E-state index contributed by atoms with van der Waals surface area (Å²) in [6.45, 7) is 6.11. The number of carbonyl (C=O) groups is 1. The molecule has 0 fully saturated rings. The first-order valence-corrected chi connectivity index (χ1v) is 7.18. The summed E-state index contributed by atoms with van der Waals surface area (Å²) in [5.41, 5.74) is 1.24. The zero-order valence-electron chi connectivity index (χ0n) is 11.9. The number of carbonyl (C=O) groups excluding carboxylic acids is 1. The first-order valence-electron chi connectivity index (χ1n) is 7.18. The highest BCUT2D eigenvalue weighted by atomic mass is 16.6. The Labute approximate surface area is 114 Å². The van der Waals surface area contributed by atoms with Gasteiger partial charge in [0.1, 0.15) is 0 Å². The molecule has 19 heavy (non-hydrogen) atoms. The lowest BCUT2D eigenvalue weighted by molar-refractivity contribution is -0.144. The number of ether oxygens (including phenoxy) is 2. The standard InChI is InChI=1S/C16H22O3/c1-4-6-12(7-5-2)13-8-9-14-15(10-13)19-16(17)11(3)18-14/h8-12H,4-7H2,1-3H3. The van der Waals surface area contributed by atoms with Gasteiger partial charge in [0.25, 0.3) is 0 Å². The average Bonchev–Trinajstić information content (AvgIpc) is 2.39. The van der Waals surface area contributed by atoms with Crippen molar-refractivity contribution >= 4 is 5.97 Å². The molecule has 1 heterocycles. The molecule has 0 saturated heterocycles. The van der Waals surface area contributed by atoms with E-state index in [-0.39, 0.29) is 5.97 Å². The largest absolute Gasteiger partial charge is 0.475 e. The van der Waals surface area contributed by atoms with Crippen LogP contribution in [0.4, 0.5) is 0 Å². The van der Waals surface area contributed by atoms with Crippen molar-refractivity contribution < 1.29 is 14.3 Å². The number of rotatable bonds is 5. The third kappa shape index (κ3) is 3.09. The van der Waals surface area contributed by atoms with Gasteiger partial charge in [-0.2, -0.15) is 0 Å². The lowest BCUT2D eigenvalue weighted by Gasteiger charge is -2.24. The minimum absolute atomic E-state index is 0.313. The van der Waals surface area contributed by atoms with Crippen molar-refractivity contribution in [2.24, 2.45) is 0 Å². The fourth-order valence-corrected chi connectivity index (χ4v) is 2.56. The van der Waals surface area contributed by atoms with Gasteiger partial charge in [0, 0.05) is 0 Å². The molecule has 1 aromatic carbocycles. The van der Waals surface area contributed by atoms with E-state index in [4.69, 9.17) is 9.47 Å². The van der Waals surface area contributed by atoms with Gasteiger partial charge in [-0.05, 0) is 43.4 Å². The van der Waals surface area contributed by atoms with Crippen molar-refractivity contribution in [3.8, 4) is 11.5 Å². The molecule has 2 rings (SSSR count). The molecule has 1 aliphatic heterocycles. The molecule has 3 heteroatoms. The minimum atomic E-state index is -0.513. The molecule has 1 aromatic rings. The summed E-state index contributed by atoms with van der Waals surface area (Å²) in [6, 6.07) is 5.99. The van der Waals surface area contributed by atoms with E-state index in [1.54, 1.807) is 6.92 Å². The molecule has 1 aliphatic rings. The van der Waals surface area contributed by atoms with E-state index in [2.05, 4.69) is 19.9 Å². The Hall–Kier alpha value is -1.51. The quantitative estimate of drug-likeness (QED) is 0.593. The molecule has 1 unspecified atom stereocenters. The van der Waals surface area contributed by atoms with Gasteiger partial charge in [0.2, 0.25) is 0 Å². The zero-order valence-corrected chi connectivity index (χ0v) is 11.9. The van der Waals surface area contributed by atoms with Gasteiger partial charge >= 0.3 is 5.97 Å². The third-order valence-electron chi connectivity index (χ3n) is 3.56. The van der Waals surface area contributed by atoms with Gasteiger partial charge in [0.05, 0.1) is 0 Å².